The lowest BCUT2D eigenvalue weighted by molar-refractivity contribution is -0.116. The Morgan fingerprint density at radius 1 is 0.700 bits per heavy atom. The van der Waals surface area contributed by atoms with Crippen molar-refractivity contribution in [2.75, 3.05) is 16.0 Å². The minimum Gasteiger partial charge on any atom is -0.326 e. The molecule has 0 heterocycles. The van der Waals surface area contributed by atoms with Crippen LogP contribution in [0.15, 0.2) is 60.8 Å². The van der Waals surface area contributed by atoms with Crippen molar-refractivity contribution in [2.24, 2.45) is 0 Å². The Kier molecular flexibility index (Phi) is 7.69. The number of nitrogens with one attached hydrogen (secondary N) is 5. The Bertz CT molecular complexity index is 952. The molecule has 2 rings (SSSR count). The third kappa shape index (κ3) is 7.47. The van der Waals surface area contributed by atoms with Crippen LogP contribution in [0.5, 0.6) is 0 Å². The summed E-state index contributed by atoms with van der Waals surface area (Å²) in [5.74, 6) is -1.12. The van der Waals surface area contributed by atoms with Crippen molar-refractivity contribution in [3.8, 4) is 0 Å². The van der Waals surface area contributed by atoms with Gasteiger partial charge in [0.15, 0.2) is 0 Å². The fraction of sp³-hybridized carbons (Fsp3) is 0.143. The average Bonchev–Trinajstić information content (AvgIpc) is 2.67. The van der Waals surface area contributed by atoms with Crippen LogP contribution in [0.4, 0.5) is 17.1 Å². The fourth-order valence-corrected chi connectivity index (χ4v) is 2.41. The maximum Gasteiger partial charge on any atom is 0.269 e. The molecule has 0 aliphatic carbocycles. The first-order valence-corrected chi connectivity index (χ1v) is 9.02. The lowest BCUT2D eigenvalue weighted by Crippen LogP contribution is -2.37. The molecule has 9 nitrogen and oxygen atoms in total. The van der Waals surface area contributed by atoms with Crippen molar-refractivity contribution in [3.05, 3.63) is 66.4 Å². The number of carbonyl (C=O) groups excluding carboxylic acids is 4. The zero-order chi connectivity index (χ0) is 22.1. The summed E-state index contributed by atoms with van der Waals surface area (Å²) >= 11 is 0. The van der Waals surface area contributed by atoms with Gasteiger partial charge in [0.05, 0.1) is 6.42 Å². The quantitative estimate of drug-likeness (QED) is 0.428. The second-order valence-corrected chi connectivity index (χ2v) is 6.42. The summed E-state index contributed by atoms with van der Waals surface area (Å²) in [5.41, 5.74) is 7.49. The molecule has 5 N–H and O–H groups in total. The highest BCUT2D eigenvalue weighted by atomic mass is 16.2. The summed E-state index contributed by atoms with van der Waals surface area (Å²) < 4.78 is 0. The molecule has 0 spiro atoms. The molecular weight excluding hydrogens is 386 g/mol. The van der Waals surface area contributed by atoms with Crippen molar-refractivity contribution < 1.29 is 19.2 Å². The van der Waals surface area contributed by atoms with E-state index < -0.39 is 5.91 Å². The van der Waals surface area contributed by atoms with E-state index in [0.717, 1.165) is 0 Å². The lowest BCUT2D eigenvalue weighted by atomic mass is 10.2. The molecule has 2 aromatic rings. The summed E-state index contributed by atoms with van der Waals surface area (Å²) in [6.45, 7) is 6.52. The molecule has 0 bridgehead atoms. The number of anilines is 3. The minimum absolute atomic E-state index is 0.0603. The van der Waals surface area contributed by atoms with Crippen molar-refractivity contribution in [3.63, 3.8) is 0 Å². The highest BCUT2D eigenvalue weighted by Gasteiger charge is 2.09. The summed E-state index contributed by atoms with van der Waals surface area (Å²) in [4.78, 5) is 46.2. The molecule has 9 heteroatoms. The van der Waals surface area contributed by atoms with Crippen LogP contribution < -0.4 is 26.8 Å². The molecule has 0 aliphatic rings. The Morgan fingerprint density at radius 2 is 1.13 bits per heavy atom. The Balaban J connectivity index is 1.78. The van der Waals surface area contributed by atoms with E-state index in [1.807, 2.05) is 0 Å². The van der Waals surface area contributed by atoms with Crippen molar-refractivity contribution in [1.29, 1.82) is 0 Å². The number of carbonyl (C=O) groups is 4. The van der Waals surface area contributed by atoms with Gasteiger partial charge < -0.3 is 21.4 Å². The molecule has 30 heavy (non-hydrogen) atoms. The molecule has 0 fully saturated rings. The highest BCUT2D eigenvalue weighted by Crippen LogP contribution is 2.14. The van der Waals surface area contributed by atoms with Crippen molar-refractivity contribution in [2.45, 2.75) is 20.3 Å². The topological polar surface area (TPSA) is 128 Å². The summed E-state index contributed by atoms with van der Waals surface area (Å²) in [7, 11) is 0. The summed E-state index contributed by atoms with van der Waals surface area (Å²) in [6, 6.07) is 13.0. The highest BCUT2D eigenvalue weighted by molar-refractivity contribution is 5.96. The molecule has 0 aromatic heterocycles. The van der Waals surface area contributed by atoms with Gasteiger partial charge in [-0.3, -0.25) is 24.6 Å². The molecule has 0 radical (unpaired) electrons. The molecule has 0 saturated heterocycles. The van der Waals surface area contributed by atoms with Gasteiger partial charge in [0.2, 0.25) is 17.7 Å². The van der Waals surface area contributed by atoms with Crippen molar-refractivity contribution >= 4 is 40.7 Å². The Labute approximate surface area is 173 Å². The number of hydrazine groups is 1. The van der Waals surface area contributed by atoms with Gasteiger partial charge in [-0.1, -0.05) is 6.58 Å². The zero-order valence-corrected chi connectivity index (χ0v) is 16.7. The molecule has 0 atom stereocenters. The first-order chi connectivity index (χ1) is 14.2. The van der Waals surface area contributed by atoms with Crippen LogP contribution in [-0.2, 0) is 14.4 Å². The third-order valence-corrected chi connectivity index (χ3v) is 3.68. The van der Waals surface area contributed by atoms with Crippen LogP contribution in [0.3, 0.4) is 0 Å². The Hall–Kier alpha value is -4.14. The lowest BCUT2D eigenvalue weighted by Gasteiger charge is -2.12. The molecule has 156 valence electrons. The van der Waals surface area contributed by atoms with Gasteiger partial charge in [-0.25, -0.2) is 0 Å². The monoisotopic (exact) mass is 409 g/mol. The van der Waals surface area contributed by atoms with Gasteiger partial charge >= 0.3 is 0 Å². The van der Waals surface area contributed by atoms with Crippen LogP contribution in [0.1, 0.15) is 30.6 Å². The van der Waals surface area contributed by atoms with Gasteiger partial charge in [0, 0.05) is 42.2 Å². The van der Waals surface area contributed by atoms with Crippen molar-refractivity contribution in [1.82, 2.24) is 10.9 Å². The van der Waals surface area contributed by atoms with E-state index in [-0.39, 0.29) is 24.1 Å². The minimum atomic E-state index is -0.417. The second-order valence-electron chi connectivity index (χ2n) is 6.42. The zero-order valence-electron chi connectivity index (χ0n) is 16.7. The second kappa shape index (κ2) is 10.4. The molecule has 4 amide bonds. The molecular formula is C21H23N5O4. The standard InChI is InChI=1S/C21H23N5O4/c1-13(12-20(29)24-19-10-8-18(9-11-19)23-15(3)28)25-26-21(30)16-4-6-17(7-5-16)22-14(2)27/h4-11,25H,1,12H2,2-3H3,(H,22,27)(H,23,28)(H,24,29)(H,26,30). The van der Waals surface area contributed by atoms with E-state index >= 15 is 0 Å². The SMILES string of the molecule is C=C(CC(=O)Nc1ccc(NC(C)=O)cc1)NNC(=O)c1ccc(NC(C)=O)cc1. The molecule has 0 unspecified atom stereocenters. The van der Waals surface area contributed by atoms with E-state index in [1.165, 1.54) is 13.8 Å². The predicted octanol–water partition coefficient (Wildman–Crippen LogP) is 2.38. The molecule has 0 saturated carbocycles. The first kappa shape index (κ1) is 22.2. The van der Waals surface area contributed by atoms with Gasteiger partial charge in [0.1, 0.15) is 0 Å². The summed E-state index contributed by atoms with van der Waals surface area (Å²) in [6.07, 6.45) is -0.0603. The smallest absolute Gasteiger partial charge is 0.269 e. The maximum absolute atomic E-state index is 12.1. The van der Waals surface area contributed by atoms with E-state index in [2.05, 4.69) is 33.4 Å². The van der Waals surface area contributed by atoms with Crippen LogP contribution in [0.25, 0.3) is 0 Å². The van der Waals surface area contributed by atoms with Crippen LogP contribution in [0.2, 0.25) is 0 Å². The van der Waals surface area contributed by atoms with E-state index in [4.69, 9.17) is 0 Å². The number of amides is 4. The van der Waals surface area contributed by atoms with Crippen LogP contribution in [-0.4, -0.2) is 23.6 Å². The third-order valence-electron chi connectivity index (χ3n) is 3.68. The number of benzene rings is 2. The normalized spacial score (nSPS) is 9.80. The van der Waals surface area contributed by atoms with Gasteiger partial charge in [0.25, 0.3) is 5.91 Å². The fourth-order valence-electron chi connectivity index (χ4n) is 2.41. The first-order valence-electron chi connectivity index (χ1n) is 9.02. The van der Waals surface area contributed by atoms with E-state index in [0.29, 0.717) is 28.3 Å². The van der Waals surface area contributed by atoms with E-state index in [9.17, 15) is 19.2 Å². The molecule has 0 aliphatic heterocycles. The molecule has 2 aromatic carbocycles. The van der Waals surface area contributed by atoms with Crippen LogP contribution in [0, 0.1) is 0 Å². The number of hydrogen-bond donors (Lipinski definition) is 5. The Morgan fingerprint density at radius 3 is 1.60 bits per heavy atom. The van der Waals surface area contributed by atoms with Gasteiger partial charge in [-0.2, -0.15) is 0 Å². The van der Waals surface area contributed by atoms with Gasteiger partial charge in [-0.15, -0.1) is 0 Å². The summed E-state index contributed by atoms with van der Waals surface area (Å²) in [5, 5.41) is 7.94. The predicted molar refractivity (Wildman–Crippen MR) is 114 cm³/mol. The number of hydrogen-bond acceptors (Lipinski definition) is 5. The maximum atomic E-state index is 12.1. The average molecular weight is 409 g/mol. The van der Waals surface area contributed by atoms with Gasteiger partial charge in [-0.05, 0) is 48.5 Å². The largest absolute Gasteiger partial charge is 0.326 e. The van der Waals surface area contributed by atoms with Crippen LogP contribution >= 0.6 is 0 Å². The number of rotatable bonds is 8. The van der Waals surface area contributed by atoms with E-state index in [1.54, 1.807) is 48.5 Å².